The summed E-state index contributed by atoms with van der Waals surface area (Å²) in [6, 6.07) is 24.1. The number of ketones is 1. The summed E-state index contributed by atoms with van der Waals surface area (Å²) in [5, 5.41) is 0. The Morgan fingerprint density at radius 1 is 0.889 bits per heavy atom. The van der Waals surface area contributed by atoms with Crippen molar-refractivity contribution in [3.63, 3.8) is 0 Å². The van der Waals surface area contributed by atoms with E-state index in [0.717, 1.165) is 27.9 Å². The number of primary amides is 1. The number of hydrogen-bond acceptors (Lipinski definition) is 5. The molecule has 7 heteroatoms. The first-order valence-electron chi connectivity index (χ1n) is 11.5. The summed E-state index contributed by atoms with van der Waals surface area (Å²) >= 11 is 0. The number of esters is 1. The van der Waals surface area contributed by atoms with Crippen LogP contribution in [0.15, 0.2) is 79.0 Å². The Kier molecular flexibility index (Phi) is 9.13. The SMILES string of the molecule is COCCC(=O)OC.Cc1c(C(=O)C(N)=O)c2ccccn2c1Cc1ccccc1-c1ccccc1. The molecule has 0 spiro atoms. The summed E-state index contributed by atoms with van der Waals surface area (Å²) in [5.74, 6) is -1.81. The van der Waals surface area contributed by atoms with Crippen LogP contribution in [0.4, 0.5) is 0 Å². The molecule has 0 aliphatic carbocycles. The van der Waals surface area contributed by atoms with Crippen LogP contribution in [0.3, 0.4) is 0 Å². The molecule has 0 bridgehead atoms. The number of carbonyl (C=O) groups excluding carboxylic acids is 3. The molecule has 0 fully saturated rings. The van der Waals surface area contributed by atoms with E-state index in [-0.39, 0.29) is 5.97 Å². The number of ether oxygens (including phenoxy) is 2. The average Bonchev–Trinajstić information content (AvgIpc) is 3.18. The predicted molar refractivity (Wildman–Crippen MR) is 139 cm³/mol. The molecule has 4 aromatic rings. The Labute approximate surface area is 210 Å². The van der Waals surface area contributed by atoms with Crippen molar-refractivity contribution in [1.29, 1.82) is 0 Å². The number of aromatic nitrogens is 1. The molecule has 7 nitrogen and oxygen atoms in total. The number of hydrogen-bond donors (Lipinski definition) is 1. The molecule has 4 rings (SSSR count). The fourth-order valence-electron chi connectivity index (χ4n) is 4.07. The number of carbonyl (C=O) groups is 3. The molecule has 0 saturated carbocycles. The van der Waals surface area contributed by atoms with Crippen molar-refractivity contribution in [2.24, 2.45) is 5.73 Å². The Hall–Kier alpha value is -4.23. The van der Waals surface area contributed by atoms with E-state index < -0.39 is 11.7 Å². The molecule has 2 heterocycles. The molecule has 2 aromatic carbocycles. The number of methoxy groups -OCH3 is 2. The van der Waals surface area contributed by atoms with Crippen molar-refractivity contribution in [2.75, 3.05) is 20.8 Å². The second-order valence-electron chi connectivity index (χ2n) is 8.11. The standard InChI is InChI=1S/C24H20N2O2.C5H10O3/c1-16-21(26-14-8-7-13-20(26)22(16)23(27)24(25)28)15-18-11-5-6-12-19(18)17-9-3-2-4-10-17;1-7-4-3-5(6)8-2/h2-14H,15H2,1H3,(H2,25,28);3-4H2,1-2H3. The third-order valence-electron chi connectivity index (χ3n) is 5.86. The molecule has 0 atom stereocenters. The van der Waals surface area contributed by atoms with Gasteiger partial charge in [-0.1, -0.05) is 60.7 Å². The fraction of sp³-hybridized carbons (Fsp3) is 0.207. The predicted octanol–water partition coefficient (Wildman–Crippen LogP) is 4.37. The molecule has 0 aliphatic heterocycles. The lowest BCUT2D eigenvalue weighted by Crippen LogP contribution is -2.23. The van der Waals surface area contributed by atoms with Gasteiger partial charge in [0.15, 0.2) is 0 Å². The van der Waals surface area contributed by atoms with Crippen LogP contribution < -0.4 is 5.73 Å². The van der Waals surface area contributed by atoms with Crippen molar-refractivity contribution in [3.05, 3.63) is 101 Å². The van der Waals surface area contributed by atoms with E-state index in [1.165, 1.54) is 7.11 Å². The minimum Gasteiger partial charge on any atom is -0.469 e. The molecule has 0 unspecified atom stereocenters. The summed E-state index contributed by atoms with van der Waals surface area (Å²) in [6.45, 7) is 2.32. The third-order valence-corrected chi connectivity index (χ3v) is 5.86. The van der Waals surface area contributed by atoms with Gasteiger partial charge in [0.2, 0.25) is 0 Å². The largest absolute Gasteiger partial charge is 0.469 e. The zero-order valence-electron chi connectivity index (χ0n) is 20.7. The maximum atomic E-state index is 12.4. The fourth-order valence-corrected chi connectivity index (χ4v) is 4.07. The van der Waals surface area contributed by atoms with Gasteiger partial charge in [0.1, 0.15) is 0 Å². The van der Waals surface area contributed by atoms with Crippen molar-refractivity contribution >= 4 is 23.2 Å². The Morgan fingerprint density at radius 3 is 2.22 bits per heavy atom. The molecule has 36 heavy (non-hydrogen) atoms. The maximum Gasteiger partial charge on any atom is 0.307 e. The van der Waals surface area contributed by atoms with Gasteiger partial charge in [-0.25, -0.2) is 0 Å². The normalized spacial score (nSPS) is 10.4. The zero-order chi connectivity index (χ0) is 26.1. The van der Waals surface area contributed by atoms with Gasteiger partial charge in [-0.3, -0.25) is 14.4 Å². The Bertz CT molecular complexity index is 1360. The lowest BCUT2D eigenvalue weighted by molar-refractivity contribution is -0.141. The highest BCUT2D eigenvalue weighted by atomic mass is 16.5. The number of amides is 1. The number of pyridine rings is 1. The van der Waals surface area contributed by atoms with Crippen LogP contribution in [0, 0.1) is 6.92 Å². The van der Waals surface area contributed by atoms with E-state index in [4.69, 9.17) is 5.73 Å². The van der Waals surface area contributed by atoms with Crippen LogP contribution in [0.25, 0.3) is 16.6 Å². The molecule has 1 amide bonds. The average molecular weight is 487 g/mol. The van der Waals surface area contributed by atoms with Gasteiger partial charge in [0, 0.05) is 25.4 Å². The van der Waals surface area contributed by atoms with Crippen LogP contribution in [0.2, 0.25) is 0 Å². The number of benzene rings is 2. The van der Waals surface area contributed by atoms with Gasteiger partial charge in [0.25, 0.3) is 11.7 Å². The van der Waals surface area contributed by atoms with E-state index in [0.29, 0.717) is 30.5 Å². The van der Waals surface area contributed by atoms with Gasteiger partial charge in [-0.05, 0) is 41.3 Å². The number of rotatable bonds is 8. The van der Waals surface area contributed by atoms with Crippen LogP contribution in [-0.2, 0) is 25.5 Å². The number of nitrogens with zero attached hydrogens (tertiary/aromatic N) is 1. The van der Waals surface area contributed by atoms with Crippen LogP contribution in [0.1, 0.15) is 33.6 Å². The number of nitrogens with two attached hydrogens (primary N) is 1. The van der Waals surface area contributed by atoms with Gasteiger partial charge in [0.05, 0.1) is 31.2 Å². The van der Waals surface area contributed by atoms with Crippen molar-refractivity contribution in [3.8, 4) is 11.1 Å². The minimum atomic E-state index is -0.935. The minimum absolute atomic E-state index is 0.230. The second-order valence-corrected chi connectivity index (χ2v) is 8.11. The van der Waals surface area contributed by atoms with Crippen molar-refractivity contribution in [1.82, 2.24) is 4.40 Å². The molecular weight excluding hydrogens is 456 g/mol. The molecule has 0 saturated heterocycles. The number of fused-ring (bicyclic) bond motifs is 1. The van der Waals surface area contributed by atoms with Crippen molar-refractivity contribution in [2.45, 2.75) is 19.8 Å². The second kappa shape index (κ2) is 12.5. The Balaban J connectivity index is 0.000000392. The quantitative estimate of drug-likeness (QED) is 0.226. The van der Waals surface area contributed by atoms with Crippen LogP contribution >= 0.6 is 0 Å². The van der Waals surface area contributed by atoms with Crippen LogP contribution in [0.5, 0.6) is 0 Å². The number of Topliss-reactive ketones (excluding diaryl/α,β-unsaturated/α-hetero) is 1. The van der Waals surface area contributed by atoms with Crippen LogP contribution in [-0.4, -0.2) is 42.9 Å². The molecule has 186 valence electrons. The van der Waals surface area contributed by atoms with Crippen molar-refractivity contribution < 1.29 is 23.9 Å². The molecule has 2 aromatic heterocycles. The third kappa shape index (κ3) is 6.06. The lowest BCUT2D eigenvalue weighted by Gasteiger charge is -2.11. The van der Waals surface area contributed by atoms with E-state index in [1.807, 2.05) is 66.1 Å². The van der Waals surface area contributed by atoms with E-state index >= 15 is 0 Å². The first-order chi connectivity index (χ1) is 17.4. The zero-order valence-corrected chi connectivity index (χ0v) is 20.7. The summed E-state index contributed by atoms with van der Waals surface area (Å²) < 4.78 is 10.9. The summed E-state index contributed by atoms with van der Waals surface area (Å²) in [7, 11) is 2.90. The summed E-state index contributed by atoms with van der Waals surface area (Å²) in [4.78, 5) is 34.3. The van der Waals surface area contributed by atoms with Gasteiger partial charge >= 0.3 is 5.97 Å². The highest BCUT2D eigenvalue weighted by Gasteiger charge is 2.24. The highest BCUT2D eigenvalue weighted by molar-refractivity contribution is 6.44. The summed E-state index contributed by atoms with van der Waals surface area (Å²) in [6.07, 6.45) is 2.89. The molecular formula is C29H30N2O5. The Morgan fingerprint density at radius 2 is 1.56 bits per heavy atom. The maximum absolute atomic E-state index is 12.4. The lowest BCUT2D eigenvalue weighted by atomic mass is 9.95. The topological polar surface area (TPSA) is 100 Å². The van der Waals surface area contributed by atoms with Gasteiger partial charge in [-0.2, -0.15) is 0 Å². The highest BCUT2D eigenvalue weighted by Crippen LogP contribution is 2.30. The first-order valence-corrected chi connectivity index (χ1v) is 11.5. The van der Waals surface area contributed by atoms with E-state index in [1.54, 1.807) is 7.11 Å². The smallest absolute Gasteiger partial charge is 0.307 e. The molecule has 0 radical (unpaired) electrons. The van der Waals surface area contributed by atoms with Gasteiger partial charge in [-0.15, -0.1) is 0 Å². The van der Waals surface area contributed by atoms with E-state index in [9.17, 15) is 14.4 Å². The van der Waals surface area contributed by atoms with Gasteiger partial charge < -0.3 is 19.6 Å². The van der Waals surface area contributed by atoms with E-state index in [2.05, 4.69) is 33.7 Å². The monoisotopic (exact) mass is 486 g/mol. The first kappa shape index (κ1) is 26.4. The summed E-state index contributed by atoms with van der Waals surface area (Å²) in [5.41, 5.74) is 11.6. The molecule has 0 aliphatic rings. The molecule has 2 N–H and O–H groups in total.